The van der Waals surface area contributed by atoms with Crippen LogP contribution in [-0.4, -0.2) is 52.2 Å². The topological polar surface area (TPSA) is 87.1 Å². The summed E-state index contributed by atoms with van der Waals surface area (Å²) >= 11 is 1.28. The fourth-order valence-electron chi connectivity index (χ4n) is 2.09. The van der Waals surface area contributed by atoms with Crippen molar-refractivity contribution >= 4 is 23.6 Å². The Kier molecular flexibility index (Phi) is 3.15. The molecule has 2 N–H and O–H groups in total. The molecule has 0 aromatic rings. The largest absolute Gasteiger partial charge is 0.477 e. The highest BCUT2D eigenvalue weighted by Crippen LogP contribution is 2.50. The Hall–Kier alpha value is -1.05. The van der Waals surface area contributed by atoms with Crippen LogP contribution in [0.5, 0.6) is 0 Å². The van der Waals surface area contributed by atoms with E-state index < -0.39 is 18.0 Å². The summed E-state index contributed by atoms with van der Waals surface area (Å²) in [4.78, 5) is 24.6. The molecule has 0 radical (unpaired) electrons. The molecule has 2 aliphatic heterocycles. The van der Waals surface area contributed by atoms with Crippen LogP contribution in [0.4, 0.5) is 0 Å². The molecular weight excluding hydrogens is 246 g/mol. The summed E-state index contributed by atoms with van der Waals surface area (Å²) in [6, 6.07) is 0. The van der Waals surface area contributed by atoms with Gasteiger partial charge >= 0.3 is 5.97 Å². The molecule has 0 aromatic carbocycles. The van der Waals surface area contributed by atoms with E-state index in [0.717, 1.165) is 0 Å². The number of carbonyl (C=O) groups is 2. The summed E-state index contributed by atoms with van der Waals surface area (Å²) in [7, 11) is 1.47. The number of hydrogen-bond donors (Lipinski definition) is 2. The summed E-state index contributed by atoms with van der Waals surface area (Å²) < 4.78 is 4.92. The molecule has 0 saturated carbocycles. The molecule has 2 unspecified atom stereocenters. The molecular formula is C10H13NO5S. The van der Waals surface area contributed by atoms with E-state index in [4.69, 9.17) is 9.84 Å². The monoisotopic (exact) mass is 259 g/mol. The predicted octanol–water partition coefficient (Wildman–Crippen LogP) is -0.159. The number of β-lactam (4-membered cyclic amide) rings is 1. The molecule has 1 saturated heterocycles. The molecule has 6 nitrogen and oxygen atoms in total. The summed E-state index contributed by atoms with van der Waals surface area (Å²) in [5.41, 5.74) is -0.0104. The van der Waals surface area contributed by atoms with Gasteiger partial charge in [-0.05, 0) is 6.92 Å². The molecule has 17 heavy (non-hydrogen) atoms. The quantitative estimate of drug-likeness (QED) is 0.682. The first-order chi connectivity index (χ1) is 7.99. The number of methoxy groups -OCH3 is 1. The minimum atomic E-state index is -1.13. The van der Waals surface area contributed by atoms with Gasteiger partial charge in [0.05, 0.1) is 18.6 Å². The SMILES string of the molecule is COCC1=C(C(=O)O)N2C(=O)C(C(C)O)[C@@H]2S1. The van der Waals surface area contributed by atoms with E-state index in [9.17, 15) is 14.7 Å². The first kappa shape index (κ1) is 12.4. The van der Waals surface area contributed by atoms with Gasteiger partial charge < -0.3 is 14.9 Å². The molecule has 1 fully saturated rings. The zero-order valence-corrected chi connectivity index (χ0v) is 10.2. The van der Waals surface area contributed by atoms with Crippen LogP contribution in [0.15, 0.2) is 10.6 Å². The second-order valence-corrected chi connectivity index (χ2v) is 5.20. The first-order valence-electron chi connectivity index (χ1n) is 5.12. The van der Waals surface area contributed by atoms with Crippen molar-refractivity contribution in [1.29, 1.82) is 0 Å². The van der Waals surface area contributed by atoms with Gasteiger partial charge in [-0.25, -0.2) is 4.79 Å². The number of fused-ring (bicyclic) bond motifs is 1. The average Bonchev–Trinajstić information content (AvgIpc) is 2.53. The van der Waals surface area contributed by atoms with Crippen LogP contribution >= 0.6 is 11.8 Å². The van der Waals surface area contributed by atoms with Gasteiger partial charge in [0.1, 0.15) is 11.1 Å². The molecule has 0 bridgehead atoms. The van der Waals surface area contributed by atoms with Crippen molar-refractivity contribution in [3.63, 3.8) is 0 Å². The maximum absolute atomic E-state index is 11.8. The van der Waals surface area contributed by atoms with E-state index in [1.165, 1.54) is 30.7 Å². The Morgan fingerprint density at radius 3 is 2.76 bits per heavy atom. The third kappa shape index (κ3) is 1.74. The summed E-state index contributed by atoms with van der Waals surface area (Å²) in [6.07, 6.45) is -0.770. The highest BCUT2D eigenvalue weighted by molar-refractivity contribution is 8.04. The number of amides is 1. The zero-order chi connectivity index (χ0) is 12.7. The van der Waals surface area contributed by atoms with Gasteiger partial charge in [-0.3, -0.25) is 9.69 Å². The van der Waals surface area contributed by atoms with E-state index >= 15 is 0 Å². The second-order valence-electron chi connectivity index (χ2n) is 3.99. The summed E-state index contributed by atoms with van der Waals surface area (Å²) in [5, 5.41) is 18.3. The Labute approximate surface area is 102 Å². The molecule has 0 aliphatic carbocycles. The molecule has 3 atom stereocenters. The third-order valence-corrected chi connectivity index (χ3v) is 4.19. The highest BCUT2D eigenvalue weighted by Gasteiger charge is 2.57. The van der Waals surface area contributed by atoms with E-state index in [1.807, 2.05) is 0 Å². The first-order valence-corrected chi connectivity index (χ1v) is 6.00. The number of carboxylic acids is 1. The minimum absolute atomic E-state index is 0.0104. The van der Waals surface area contributed by atoms with Gasteiger partial charge in [-0.1, -0.05) is 11.8 Å². The lowest BCUT2D eigenvalue weighted by Crippen LogP contribution is -2.60. The van der Waals surface area contributed by atoms with Crippen LogP contribution in [-0.2, 0) is 14.3 Å². The normalized spacial score (nSPS) is 29.1. The predicted molar refractivity (Wildman–Crippen MR) is 59.9 cm³/mol. The van der Waals surface area contributed by atoms with Crippen LogP contribution in [0.25, 0.3) is 0 Å². The standard InChI is InChI=1S/C10H13NO5S/c1-4(12)6-8(13)11-7(10(14)15)5(3-16-2)17-9(6)11/h4,6,9,12H,3H2,1-2H3,(H,14,15)/t4?,6?,9-/m0/s1. The van der Waals surface area contributed by atoms with Gasteiger partial charge in [-0.2, -0.15) is 0 Å². The Morgan fingerprint density at radius 1 is 1.65 bits per heavy atom. The van der Waals surface area contributed by atoms with E-state index in [0.29, 0.717) is 4.91 Å². The number of aliphatic hydroxyl groups excluding tert-OH is 1. The molecule has 7 heteroatoms. The highest BCUT2D eigenvalue weighted by atomic mass is 32.2. The average molecular weight is 259 g/mol. The molecule has 2 heterocycles. The summed E-state index contributed by atoms with van der Waals surface area (Å²) in [6.45, 7) is 1.70. The minimum Gasteiger partial charge on any atom is -0.477 e. The van der Waals surface area contributed by atoms with Crippen molar-refractivity contribution in [3.8, 4) is 0 Å². The van der Waals surface area contributed by atoms with Crippen molar-refractivity contribution in [3.05, 3.63) is 10.6 Å². The Morgan fingerprint density at radius 2 is 2.29 bits per heavy atom. The number of aliphatic hydroxyl groups is 1. The number of aliphatic carboxylic acids is 1. The van der Waals surface area contributed by atoms with Gasteiger partial charge in [-0.15, -0.1) is 0 Å². The van der Waals surface area contributed by atoms with Gasteiger partial charge in [0.15, 0.2) is 0 Å². The van der Waals surface area contributed by atoms with Gasteiger partial charge in [0.25, 0.3) is 0 Å². The zero-order valence-electron chi connectivity index (χ0n) is 9.41. The molecule has 0 aromatic heterocycles. The Balaban J connectivity index is 2.26. The number of carbonyl (C=O) groups excluding carboxylic acids is 1. The number of thioether (sulfide) groups is 1. The maximum Gasteiger partial charge on any atom is 0.353 e. The number of ether oxygens (including phenoxy) is 1. The fourth-order valence-corrected chi connectivity index (χ4v) is 3.67. The van der Waals surface area contributed by atoms with E-state index in [2.05, 4.69) is 0 Å². The van der Waals surface area contributed by atoms with Gasteiger partial charge in [0, 0.05) is 12.0 Å². The Bertz CT molecular complexity index is 406. The molecule has 0 spiro atoms. The number of hydrogen-bond acceptors (Lipinski definition) is 5. The number of nitrogens with zero attached hydrogens (tertiary/aromatic N) is 1. The number of rotatable bonds is 4. The van der Waals surface area contributed by atoms with Crippen molar-refractivity contribution < 1.29 is 24.5 Å². The smallest absolute Gasteiger partial charge is 0.353 e. The van der Waals surface area contributed by atoms with Crippen LogP contribution in [0.2, 0.25) is 0 Å². The third-order valence-electron chi connectivity index (χ3n) is 2.85. The molecule has 1 amide bonds. The lowest BCUT2D eigenvalue weighted by Gasteiger charge is -2.43. The number of carboxylic acid groups (broad SMARTS) is 1. The second kappa shape index (κ2) is 4.32. The lowest BCUT2D eigenvalue weighted by atomic mass is 9.92. The summed E-state index contributed by atoms with van der Waals surface area (Å²) in [5.74, 6) is -1.99. The lowest BCUT2D eigenvalue weighted by molar-refractivity contribution is -0.156. The molecule has 2 aliphatic rings. The van der Waals surface area contributed by atoms with Crippen molar-refractivity contribution in [2.45, 2.75) is 18.4 Å². The van der Waals surface area contributed by atoms with Crippen LogP contribution in [0.1, 0.15) is 6.92 Å². The van der Waals surface area contributed by atoms with Gasteiger partial charge in [0.2, 0.25) is 5.91 Å². The van der Waals surface area contributed by atoms with Crippen LogP contribution in [0, 0.1) is 5.92 Å². The molecule has 94 valence electrons. The fraction of sp³-hybridized carbons (Fsp3) is 0.600. The van der Waals surface area contributed by atoms with E-state index in [1.54, 1.807) is 0 Å². The van der Waals surface area contributed by atoms with Crippen molar-refractivity contribution in [2.24, 2.45) is 5.92 Å². The van der Waals surface area contributed by atoms with E-state index in [-0.39, 0.29) is 23.6 Å². The van der Waals surface area contributed by atoms with Crippen LogP contribution in [0.3, 0.4) is 0 Å². The van der Waals surface area contributed by atoms with Crippen LogP contribution < -0.4 is 0 Å². The molecule has 2 rings (SSSR count). The van der Waals surface area contributed by atoms with Crippen molar-refractivity contribution in [1.82, 2.24) is 4.90 Å². The maximum atomic E-state index is 11.8. The van der Waals surface area contributed by atoms with Crippen molar-refractivity contribution in [2.75, 3.05) is 13.7 Å².